The zero-order valence-electron chi connectivity index (χ0n) is 21.5. The molecule has 10 heteroatoms. The monoisotopic (exact) mass is 521 g/mol. The molecule has 2 aliphatic rings. The van der Waals surface area contributed by atoms with Gasteiger partial charge in [-0.25, -0.2) is 9.97 Å². The first-order chi connectivity index (χ1) is 18.2. The highest BCUT2D eigenvalue weighted by Gasteiger charge is 2.36. The molecular formula is C27H35N7O2S. The van der Waals surface area contributed by atoms with Crippen molar-refractivity contribution in [3.05, 3.63) is 53.4 Å². The Morgan fingerprint density at radius 3 is 3.05 bits per heavy atom. The molecule has 1 N–H and O–H groups in total. The molecule has 0 radical (unpaired) electrons. The molecule has 1 aromatic carbocycles. The maximum absolute atomic E-state index is 6.36. The molecule has 3 atom stereocenters. The van der Waals surface area contributed by atoms with Crippen LogP contribution in [0.25, 0.3) is 21.1 Å². The molecule has 0 spiro atoms. The van der Waals surface area contributed by atoms with E-state index in [0.717, 1.165) is 60.5 Å². The normalized spacial score (nSPS) is 22.8. The summed E-state index contributed by atoms with van der Waals surface area (Å²) in [6.07, 6.45) is 8.07. The Kier molecular flexibility index (Phi) is 7.46. The topological polar surface area (TPSA) is 82.6 Å². The van der Waals surface area contributed by atoms with Crippen LogP contribution in [0.15, 0.2) is 43.0 Å². The van der Waals surface area contributed by atoms with E-state index in [9.17, 15) is 0 Å². The van der Waals surface area contributed by atoms with Crippen molar-refractivity contribution in [1.29, 1.82) is 0 Å². The first kappa shape index (κ1) is 24.8. The maximum atomic E-state index is 6.36. The number of ether oxygens (including phenoxy) is 2. The van der Waals surface area contributed by atoms with Crippen molar-refractivity contribution in [1.82, 2.24) is 34.9 Å². The Hall–Kier alpha value is -2.47. The van der Waals surface area contributed by atoms with Gasteiger partial charge in [-0.15, -0.1) is 11.3 Å². The average molecular weight is 522 g/mol. The minimum atomic E-state index is -0.00307. The zero-order chi connectivity index (χ0) is 25.2. The van der Waals surface area contributed by atoms with Gasteiger partial charge in [-0.3, -0.25) is 19.8 Å². The third-order valence-corrected chi connectivity index (χ3v) is 8.92. The molecule has 2 fully saturated rings. The molecule has 5 heterocycles. The summed E-state index contributed by atoms with van der Waals surface area (Å²) in [5, 5.41) is 8.52. The van der Waals surface area contributed by atoms with E-state index in [1.165, 1.54) is 23.3 Å². The average Bonchev–Trinajstić information content (AvgIpc) is 3.59. The van der Waals surface area contributed by atoms with E-state index < -0.39 is 0 Å². The number of hydrogen-bond donors (Lipinski definition) is 1. The van der Waals surface area contributed by atoms with Crippen LogP contribution in [0.5, 0.6) is 0 Å². The first-order valence-corrected chi connectivity index (χ1v) is 13.9. The number of hydrogen-bond acceptors (Lipinski definition) is 9. The third kappa shape index (κ3) is 5.14. The van der Waals surface area contributed by atoms with Crippen molar-refractivity contribution in [2.24, 2.45) is 0 Å². The van der Waals surface area contributed by atoms with E-state index in [0.29, 0.717) is 12.6 Å². The van der Waals surface area contributed by atoms with Crippen LogP contribution < -0.4 is 0 Å². The number of rotatable bonds is 8. The van der Waals surface area contributed by atoms with E-state index in [-0.39, 0.29) is 12.3 Å². The number of methoxy groups -OCH3 is 1. The molecule has 3 unspecified atom stereocenters. The van der Waals surface area contributed by atoms with Crippen LogP contribution in [0.3, 0.4) is 0 Å². The summed E-state index contributed by atoms with van der Waals surface area (Å²) in [6, 6.07) is 9.12. The van der Waals surface area contributed by atoms with Gasteiger partial charge in [0.25, 0.3) is 0 Å². The number of likely N-dealkylation sites (N-methyl/N-ethyl adjacent to an activating group) is 1. The molecule has 2 aliphatic heterocycles. The van der Waals surface area contributed by atoms with Gasteiger partial charge < -0.3 is 9.47 Å². The second-order valence-electron chi connectivity index (χ2n) is 10.1. The molecule has 2 saturated heterocycles. The van der Waals surface area contributed by atoms with Gasteiger partial charge in [-0.1, -0.05) is 12.1 Å². The minimum Gasteiger partial charge on any atom is -0.383 e. The summed E-state index contributed by atoms with van der Waals surface area (Å²) in [5.41, 5.74) is 3.28. The Balaban J connectivity index is 1.31. The van der Waals surface area contributed by atoms with Crippen molar-refractivity contribution in [2.75, 3.05) is 60.1 Å². The van der Waals surface area contributed by atoms with Crippen LogP contribution in [-0.2, 0) is 9.47 Å². The van der Waals surface area contributed by atoms with Gasteiger partial charge in [0.2, 0.25) is 0 Å². The summed E-state index contributed by atoms with van der Waals surface area (Å²) in [4.78, 5) is 17.9. The fourth-order valence-electron chi connectivity index (χ4n) is 5.86. The van der Waals surface area contributed by atoms with Crippen LogP contribution in [0.1, 0.15) is 35.6 Å². The fourth-order valence-corrected chi connectivity index (χ4v) is 7.01. The lowest BCUT2D eigenvalue weighted by molar-refractivity contribution is -0.0852. The van der Waals surface area contributed by atoms with Crippen molar-refractivity contribution in [2.45, 2.75) is 31.2 Å². The Labute approximate surface area is 221 Å². The number of aromatic nitrogens is 4. The van der Waals surface area contributed by atoms with Crippen LogP contribution >= 0.6 is 11.3 Å². The lowest BCUT2D eigenvalue weighted by atomic mass is 10.0. The number of benzene rings is 1. The number of fused-ring (bicyclic) bond motifs is 2. The van der Waals surface area contributed by atoms with Crippen molar-refractivity contribution < 1.29 is 9.47 Å². The minimum absolute atomic E-state index is 0.00307. The van der Waals surface area contributed by atoms with Gasteiger partial charge in [0.1, 0.15) is 6.33 Å². The summed E-state index contributed by atoms with van der Waals surface area (Å²) >= 11 is 1.82. The SMILES string of the molecule is COCCN(C)C1CCCN(C(c2cc3ncncc3s2)N2CCOC(c3cccc4[nH]ncc34)C2)C1. The molecule has 196 valence electrons. The Morgan fingerprint density at radius 1 is 1.24 bits per heavy atom. The number of morpholine rings is 1. The quantitative estimate of drug-likeness (QED) is 0.376. The highest BCUT2D eigenvalue weighted by molar-refractivity contribution is 7.19. The second-order valence-corrected chi connectivity index (χ2v) is 11.2. The second kappa shape index (κ2) is 11.1. The number of nitrogens with one attached hydrogen (secondary N) is 1. The highest BCUT2D eigenvalue weighted by Crippen LogP contribution is 2.39. The van der Waals surface area contributed by atoms with Crippen LogP contribution in [0.2, 0.25) is 0 Å². The predicted molar refractivity (Wildman–Crippen MR) is 146 cm³/mol. The van der Waals surface area contributed by atoms with Crippen molar-refractivity contribution in [3.8, 4) is 0 Å². The van der Waals surface area contributed by atoms with Crippen molar-refractivity contribution >= 4 is 32.5 Å². The molecule has 0 saturated carbocycles. The molecule has 9 nitrogen and oxygen atoms in total. The smallest absolute Gasteiger partial charge is 0.116 e. The van der Waals surface area contributed by atoms with Crippen LogP contribution in [-0.4, -0.2) is 101 Å². The van der Waals surface area contributed by atoms with Gasteiger partial charge in [-0.2, -0.15) is 5.10 Å². The molecule has 3 aromatic heterocycles. The number of likely N-dealkylation sites (tertiary alicyclic amines) is 1. The van der Waals surface area contributed by atoms with Crippen molar-refractivity contribution in [3.63, 3.8) is 0 Å². The molecule has 4 aromatic rings. The number of piperidine rings is 1. The standard InChI is InChI=1S/C27H35N7O2S/c1-32(9-11-35-2)19-5-4-8-33(16-19)27(25-13-23-26(37-25)15-28-18-29-23)34-10-12-36-24(17-34)20-6-3-7-22-21(20)14-30-31-22/h3,6-7,13-15,18-19,24,27H,4-5,8-12,16-17H2,1-2H3,(H,30,31). The molecule has 6 rings (SSSR count). The molecular weight excluding hydrogens is 486 g/mol. The fraction of sp³-hybridized carbons (Fsp3) is 0.519. The summed E-state index contributed by atoms with van der Waals surface area (Å²) < 4.78 is 12.9. The molecule has 37 heavy (non-hydrogen) atoms. The van der Waals surface area contributed by atoms with E-state index in [1.54, 1.807) is 13.4 Å². The van der Waals surface area contributed by atoms with Gasteiger partial charge >= 0.3 is 0 Å². The summed E-state index contributed by atoms with van der Waals surface area (Å²) in [5.74, 6) is 0. The van der Waals surface area contributed by atoms with Crippen LogP contribution in [0, 0.1) is 0 Å². The largest absolute Gasteiger partial charge is 0.383 e. The van der Waals surface area contributed by atoms with E-state index in [2.05, 4.69) is 66.2 Å². The number of H-pyrrole nitrogens is 1. The first-order valence-electron chi connectivity index (χ1n) is 13.1. The van der Waals surface area contributed by atoms with E-state index >= 15 is 0 Å². The summed E-state index contributed by atoms with van der Waals surface area (Å²) in [7, 11) is 4.01. The Bertz CT molecular complexity index is 1290. The lowest BCUT2D eigenvalue weighted by Gasteiger charge is -2.47. The molecule has 0 bridgehead atoms. The van der Waals surface area contributed by atoms with Gasteiger partial charge in [-0.05, 0) is 37.6 Å². The highest BCUT2D eigenvalue weighted by atomic mass is 32.1. The Morgan fingerprint density at radius 2 is 2.16 bits per heavy atom. The number of thiophene rings is 1. The number of nitrogens with zero attached hydrogens (tertiary/aromatic N) is 6. The van der Waals surface area contributed by atoms with Gasteiger partial charge in [0.05, 0.1) is 47.4 Å². The number of aromatic amines is 1. The summed E-state index contributed by atoms with van der Waals surface area (Å²) in [6.45, 7) is 6.25. The zero-order valence-corrected chi connectivity index (χ0v) is 22.4. The van der Waals surface area contributed by atoms with E-state index in [1.807, 2.05) is 23.7 Å². The van der Waals surface area contributed by atoms with Gasteiger partial charge in [0, 0.05) is 62.3 Å². The van der Waals surface area contributed by atoms with Crippen LogP contribution in [0.4, 0.5) is 0 Å². The third-order valence-electron chi connectivity index (χ3n) is 7.82. The maximum Gasteiger partial charge on any atom is 0.116 e. The molecule has 0 amide bonds. The van der Waals surface area contributed by atoms with E-state index in [4.69, 9.17) is 9.47 Å². The lowest BCUT2D eigenvalue weighted by Crippen LogP contribution is -2.53. The molecule has 0 aliphatic carbocycles. The van der Waals surface area contributed by atoms with Gasteiger partial charge in [0.15, 0.2) is 0 Å². The predicted octanol–water partition coefficient (Wildman–Crippen LogP) is 3.68.